The van der Waals surface area contributed by atoms with E-state index in [1.165, 1.54) is 0 Å². The van der Waals surface area contributed by atoms with Gasteiger partial charge in [0.25, 0.3) is 0 Å². The summed E-state index contributed by atoms with van der Waals surface area (Å²) in [4.78, 5) is 14.4. The van der Waals surface area contributed by atoms with Gasteiger partial charge in [0, 0.05) is 13.1 Å². The molecule has 0 radical (unpaired) electrons. The van der Waals surface area contributed by atoms with E-state index in [4.69, 9.17) is 4.74 Å². The lowest BCUT2D eigenvalue weighted by molar-refractivity contribution is -0.137. The summed E-state index contributed by atoms with van der Waals surface area (Å²) in [5, 5.41) is 14.9. The van der Waals surface area contributed by atoms with Crippen LogP contribution in [0.15, 0.2) is 36.4 Å². The minimum atomic E-state index is -0.465. The minimum absolute atomic E-state index is 0.000118. The van der Waals surface area contributed by atoms with Crippen molar-refractivity contribution in [2.45, 2.75) is 45.1 Å². The van der Waals surface area contributed by atoms with Crippen LogP contribution in [0.5, 0.6) is 0 Å². The zero-order chi connectivity index (χ0) is 17.9. The lowest BCUT2D eigenvalue weighted by atomic mass is 10.1. The van der Waals surface area contributed by atoms with Crippen molar-refractivity contribution >= 4 is 5.91 Å². The van der Waals surface area contributed by atoms with E-state index in [1.54, 1.807) is 0 Å². The van der Waals surface area contributed by atoms with Crippen molar-refractivity contribution in [1.82, 2.24) is 14.7 Å². The van der Waals surface area contributed by atoms with E-state index in [1.807, 2.05) is 46.0 Å². The van der Waals surface area contributed by atoms with E-state index < -0.39 is 6.10 Å². The van der Waals surface area contributed by atoms with Gasteiger partial charge in [0.05, 0.1) is 24.5 Å². The lowest BCUT2D eigenvalue weighted by Gasteiger charge is -2.20. The molecule has 1 atom stereocenters. The summed E-state index contributed by atoms with van der Waals surface area (Å²) < 4.78 is 7.54. The predicted octanol–water partition coefficient (Wildman–Crippen LogP) is 2.28. The standard InChI is InChI=1S/C20H25N3O3/c24-19(14-26-13-15-5-2-1-3-6-15)22-9-4-10-23-17(12-22)11-18(21-23)20(25)16-7-8-16/h1-3,5-6,11,16,20,25H,4,7-10,12-14H2. The van der Waals surface area contributed by atoms with Gasteiger partial charge in [0.15, 0.2) is 0 Å². The van der Waals surface area contributed by atoms with Gasteiger partial charge in [0.1, 0.15) is 12.7 Å². The first-order chi connectivity index (χ1) is 12.7. The SMILES string of the molecule is O=C(COCc1ccccc1)N1CCCn2nc(C(O)C3CC3)cc2C1. The Balaban J connectivity index is 1.34. The van der Waals surface area contributed by atoms with Crippen molar-refractivity contribution in [3.05, 3.63) is 53.3 Å². The van der Waals surface area contributed by atoms with Gasteiger partial charge in [0.2, 0.25) is 5.91 Å². The van der Waals surface area contributed by atoms with Crippen LogP contribution in [0, 0.1) is 5.92 Å². The Hall–Kier alpha value is -2.18. The number of carbonyl (C=O) groups is 1. The molecular weight excluding hydrogens is 330 g/mol. The number of aliphatic hydroxyl groups excluding tert-OH is 1. The van der Waals surface area contributed by atoms with E-state index in [2.05, 4.69) is 5.10 Å². The Bertz CT molecular complexity index is 755. The first-order valence-corrected chi connectivity index (χ1v) is 9.35. The van der Waals surface area contributed by atoms with Crippen molar-refractivity contribution in [2.24, 2.45) is 5.92 Å². The van der Waals surface area contributed by atoms with E-state index in [0.717, 1.165) is 42.8 Å². The van der Waals surface area contributed by atoms with Gasteiger partial charge in [-0.25, -0.2) is 0 Å². The number of rotatable bonds is 6. The fraction of sp³-hybridized carbons (Fsp3) is 0.500. The summed E-state index contributed by atoms with van der Waals surface area (Å²) in [6.45, 7) is 2.54. The molecule has 1 fully saturated rings. The van der Waals surface area contributed by atoms with Crippen LogP contribution >= 0.6 is 0 Å². The number of benzene rings is 1. The summed E-state index contributed by atoms with van der Waals surface area (Å²) in [6, 6.07) is 11.8. The van der Waals surface area contributed by atoms with Crippen LogP contribution in [0.2, 0.25) is 0 Å². The summed E-state index contributed by atoms with van der Waals surface area (Å²) in [7, 11) is 0. The number of aryl methyl sites for hydroxylation is 1. The number of ether oxygens (including phenoxy) is 1. The maximum absolute atomic E-state index is 12.5. The molecule has 2 aromatic rings. The number of aliphatic hydroxyl groups is 1. The number of aromatic nitrogens is 2. The highest BCUT2D eigenvalue weighted by Gasteiger charge is 2.33. The highest BCUT2D eigenvalue weighted by atomic mass is 16.5. The molecule has 26 heavy (non-hydrogen) atoms. The smallest absolute Gasteiger partial charge is 0.248 e. The second kappa shape index (κ2) is 7.60. The Morgan fingerprint density at radius 1 is 1.27 bits per heavy atom. The molecule has 6 heteroatoms. The highest BCUT2D eigenvalue weighted by Crippen LogP contribution is 2.40. The maximum atomic E-state index is 12.5. The molecule has 1 amide bonds. The summed E-state index contributed by atoms with van der Waals surface area (Å²) in [6.07, 6.45) is 2.55. The maximum Gasteiger partial charge on any atom is 0.248 e. The average molecular weight is 355 g/mol. The van der Waals surface area contributed by atoms with E-state index in [-0.39, 0.29) is 12.5 Å². The highest BCUT2D eigenvalue weighted by molar-refractivity contribution is 5.77. The molecule has 0 bridgehead atoms. The summed E-state index contributed by atoms with van der Waals surface area (Å²) in [5.74, 6) is 0.359. The van der Waals surface area contributed by atoms with E-state index in [9.17, 15) is 9.90 Å². The summed E-state index contributed by atoms with van der Waals surface area (Å²) >= 11 is 0. The van der Waals surface area contributed by atoms with Crippen molar-refractivity contribution in [3.8, 4) is 0 Å². The number of fused-ring (bicyclic) bond motifs is 1. The van der Waals surface area contributed by atoms with Crippen LogP contribution in [0.1, 0.15) is 42.3 Å². The molecule has 4 rings (SSSR count). The van der Waals surface area contributed by atoms with Gasteiger partial charge < -0.3 is 14.7 Å². The Morgan fingerprint density at radius 2 is 2.08 bits per heavy atom. The molecule has 0 saturated heterocycles. The Morgan fingerprint density at radius 3 is 2.85 bits per heavy atom. The van der Waals surface area contributed by atoms with Crippen molar-refractivity contribution in [1.29, 1.82) is 0 Å². The Kier molecular flexibility index (Phi) is 5.04. The number of carbonyl (C=O) groups excluding carboxylic acids is 1. The first kappa shape index (κ1) is 17.2. The average Bonchev–Trinajstić information content (AvgIpc) is 3.46. The Labute approximate surface area is 153 Å². The van der Waals surface area contributed by atoms with Gasteiger partial charge in [-0.15, -0.1) is 0 Å². The zero-order valence-corrected chi connectivity index (χ0v) is 14.9. The lowest BCUT2D eigenvalue weighted by Crippen LogP contribution is -2.33. The fourth-order valence-electron chi connectivity index (χ4n) is 3.42. The molecule has 2 aliphatic rings. The largest absolute Gasteiger partial charge is 0.386 e. The van der Waals surface area contributed by atoms with Gasteiger partial charge in [-0.2, -0.15) is 5.10 Å². The van der Waals surface area contributed by atoms with Gasteiger partial charge >= 0.3 is 0 Å². The van der Waals surface area contributed by atoms with Crippen LogP contribution in [0.3, 0.4) is 0 Å². The van der Waals surface area contributed by atoms with Crippen LogP contribution in [-0.2, 0) is 29.2 Å². The fourth-order valence-corrected chi connectivity index (χ4v) is 3.42. The van der Waals surface area contributed by atoms with Crippen molar-refractivity contribution < 1.29 is 14.6 Å². The molecule has 138 valence electrons. The molecule has 1 aliphatic carbocycles. The predicted molar refractivity (Wildman–Crippen MR) is 96.0 cm³/mol. The molecule has 1 aliphatic heterocycles. The third-order valence-electron chi connectivity index (χ3n) is 5.09. The van der Waals surface area contributed by atoms with Crippen LogP contribution in [0.4, 0.5) is 0 Å². The number of hydrogen-bond acceptors (Lipinski definition) is 4. The third kappa shape index (κ3) is 3.97. The van der Waals surface area contributed by atoms with Crippen LogP contribution in [0.25, 0.3) is 0 Å². The minimum Gasteiger partial charge on any atom is -0.386 e. The van der Waals surface area contributed by atoms with Gasteiger partial charge in [-0.05, 0) is 36.8 Å². The molecular formula is C20H25N3O3. The first-order valence-electron chi connectivity index (χ1n) is 9.35. The van der Waals surface area contributed by atoms with Gasteiger partial charge in [-0.3, -0.25) is 9.48 Å². The monoisotopic (exact) mass is 355 g/mol. The molecule has 1 saturated carbocycles. The quantitative estimate of drug-likeness (QED) is 0.863. The van der Waals surface area contributed by atoms with Crippen LogP contribution < -0.4 is 0 Å². The normalized spacial score (nSPS) is 18.3. The number of hydrogen-bond donors (Lipinski definition) is 1. The molecule has 1 unspecified atom stereocenters. The molecule has 1 aromatic carbocycles. The van der Waals surface area contributed by atoms with E-state index in [0.29, 0.717) is 25.6 Å². The molecule has 1 aromatic heterocycles. The van der Waals surface area contributed by atoms with Crippen molar-refractivity contribution in [2.75, 3.05) is 13.2 Å². The second-order valence-electron chi connectivity index (χ2n) is 7.21. The molecule has 6 nitrogen and oxygen atoms in total. The molecule has 2 heterocycles. The molecule has 1 N–H and O–H groups in total. The number of nitrogens with zero attached hydrogens (tertiary/aromatic N) is 3. The number of amides is 1. The van der Waals surface area contributed by atoms with Gasteiger partial charge in [-0.1, -0.05) is 30.3 Å². The van der Waals surface area contributed by atoms with E-state index >= 15 is 0 Å². The second-order valence-corrected chi connectivity index (χ2v) is 7.21. The summed E-state index contributed by atoms with van der Waals surface area (Å²) in [5.41, 5.74) is 2.80. The zero-order valence-electron chi connectivity index (χ0n) is 14.9. The third-order valence-corrected chi connectivity index (χ3v) is 5.09. The van der Waals surface area contributed by atoms with Crippen LogP contribution in [-0.4, -0.2) is 38.8 Å². The molecule has 0 spiro atoms. The topological polar surface area (TPSA) is 67.6 Å². The van der Waals surface area contributed by atoms with Crippen molar-refractivity contribution in [3.63, 3.8) is 0 Å².